The van der Waals surface area contributed by atoms with Crippen LogP contribution in [-0.4, -0.2) is 54.8 Å². The quantitative estimate of drug-likeness (QED) is 0.680. The molecule has 18 heavy (non-hydrogen) atoms. The van der Waals surface area contributed by atoms with Gasteiger partial charge in [-0.3, -0.25) is 0 Å². The minimum Gasteiger partial charge on any atom is -0.382 e. The van der Waals surface area contributed by atoms with Crippen molar-refractivity contribution < 1.29 is 4.74 Å². The minimum absolute atomic E-state index is 0.788. The zero-order valence-corrected chi connectivity index (χ0v) is 12.1. The van der Waals surface area contributed by atoms with Gasteiger partial charge in [0, 0.05) is 39.0 Å². The van der Waals surface area contributed by atoms with Gasteiger partial charge in [0.15, 0.2) is 0 Å². The number of aromatic nitrogens is 2. The molecule has 0 spiro atoms. The van der Waals surface area contributed by atoms with Crippen LogP contribution in [-0.2, 0) is 11.3 Å². The summed E-state index contributed by atoms with van der Waals surface area (Å²) < 4.78 is 7.49. The van der Waals surface area contributed by atoms with E-state index >= 15 is 0 Å². The lowest BCUT2D eigenvalue weighted by Gasteiger charge is -2.13. The van der Waals surface area contributed by atoms with E-state index in [-0.39, 0.29) is 0 Å². The van der Waals surface area contributed by atoms with Crippen LogP contribution in [0.2, 0.25) is 0 Å². The number of likely N-dealkylation sites (N-methyl/N-ethyl adjacent to an activating group) is 1. The van der Waals surface area contributed by atoms with E-state index in [0.29, 0.717) is 0 Å². The number of aryl methyl sites for hydroxylation is 1. The second-order valence-corrected chi connectivity index (χ2v) is 4.68. The van der Waals surface area contributed by atoms with E-state index in [2.05, 4.69) is 40.1 Å². The molecule has 0 saturated heterocycles. The van der Waals surface area contributed by atoms with Gasteiger partial charge in [-0.25, -0.2) is 4.98 Å². The second kappa shape index (κ2) is 8.11. The summed E-state index contributed by atoms with van der Waals surface area (Å²) >= 11 is 0. The van der Waals surface area contributed by atoms with Crippen molar-refractivity contribution in [2.45, 2.75) is 26.8 Å². The molecule has 0 amide bonds. The molecule has 0 fully saturated rings. The van der Waals surface area contributed by atoms with Crippen molar-refractivity contribution in [1.82, 2.24) is 14.5 Å². The molecule has 0 aliphatic carbocycles. The lowest BCUT2D eigenvalue weighted by atomic mass is 10.4. The number of nitrogens with one attached hydrogen (secondary N) is 1. The van der Waals surface area contributed by atoms with Crippen LogP contribution in [0.25, 0.3) is 0 Å². The molecule has 1 aromatic rings. The molecular formula is C13H26N4O. The molecule has 0 aliphatic rings. The van der Waals surface area contributed by atoms with Crippen LogP contribution >= 0.6 is 0 Å². The van der Waals surface area contributed by atoms with Crippen LogP contribution in [0.15, 0.2) is 6.20 Å². The number of anilines is 1. The smallest absolute Gasteiger partial charge is 0.203 e. The van der Waals surface area contributed by atoms with Gasteiger partial charge in [-0.15, -0.1) is 0 Å². The van der Waals surface area contributed by atoms with E-state index in [1.54, 1.807) is 0 Å². The zero-order valence-electron chi connectivity index (χ0n) is 12.1. The molecule has 1 heterocycles. The van der Waals surface area contributed by atoms with E-state index < -0.39 is 0 Å². The largest absolute Gasteiger partial charge is 0.382 e. The molecule has 0 aliphatic heterocycles. The highest BCUT2D eigenvalue weighted by molar-refractivity contribution is 5.28. The molecule has 1 aromatic heterocycles. The Hall–Kier alpha value is -1.07. The maximum Gasteiger partial charge on any atom is 0.203 e. The third-order valence-electron chi connectivity index (χ3n) is 2.64. The first-order valence-electron chi connectivity index (χ1n) is 6.63. The fraction of sp³-hybridized carbons (Fsp3) is 0.769. The van der Waals surface area contributed by atoms with Crippen molar-refractivity contribution in [3.05, 3.63) is 11.9 Å². The average molecular weight is 254 g/mol. The van der Waals surface area contributed by atoms with Gasteiger partial charge >= 0.3 is 0 Å². The first-order chi connectivity index (χ1) is 8.63. The van der Waals surface area contributed by atoms with E-state index in [1.807, 2.05) is 13.8 Å². The number of ether oxygens (including phenoxy) is 1. The molecule has 0 aromatic carbocycles. The maximum atomic E-state index is 5.31. The zero-order chi connectivity index (χ0) is 13.4. The maximum absolute atomic E-state index is 5.31. The Morgan fingerprint density at radius 1 is 1.44 bits per heavy atom. The van der Waals surface area contributed by atoms with Gasteiger partial charge in [-0.05, 0) is 34.4 Å². The van der Waals surface area contributed by atoms with Gasteiger partial charge in [0.25, 0.3) is 0 Å². The highest BCUT2D eigenvalue weighted by Crippen LogP contribution is 2.08. The molecule has 104 valence electrons. The van der Waals surface area contributed by atoms with Gasteiger partial charge in [-0.2, -0.15) is 0 Å². The second-order valence-electron chi connectivity index (χ2n) is 4.68. The van der Waals surface area contributed by atoms with Crippen molar-refractivity contribution in [3.63, 3.8) is 0 Å². The minimum atomic E-state index is 0.788. The lowest BCUT2D eigenvalue weighted by Crippen LogP contribution is -2.19. The molecule has 0 bridgehead atoms. The standard InChI is InChI=1S/C13H26N4O/c1-5-18-10-6-7-14-13-15-12(2)11-17(13)9-8-16(3)4/h11H,5-10H2,1-4H3,(H,14,15). The average Bonchev–Trinajstić information content (AvgIpc) is 2.67. The molecular weight excluding hydrogens is 228 g/mol. The van der Waals surface area contributed by atoms with E-state index in [4.69, 9.17) is 4.74 Å². The normalized spacial score (nSPS) is 11.2. The van der Waals surface area contributed by atoms with Gasteiger partial charge in [0.1, 0.15) is 0 Å². The fourth-order valence-electron chi connectivity index (χ4n) is 1.68. The number of hydrogen-bond donors (Lipinski definition) is 1. The Morgan fingerprint density at radius 2 is 2.22 bits per heavy atom. The van der Waals surface area contributed by atoms with Crippen molar-refractivity contribution in [3.8, 4) is 0 Å². The van der Waals surface area contributed by atoms with Crippen molar-refractivity contribution in [2.24, 2.45) is 0 Å². The van der Waals surface area contributed by atoms with E-state index in [9.17, 15) is 0 Å². The summed E-state index contributed by atoms with van der Waals surface area (Å²) in [6.45, 7) is 8.52. The van der Waals surface area contributed by atoms with Crippen LogP contribution in [0.4, 0.5) is 5.95 Å². The van der Waals surface area contributed by atoms with Gasteiger partial charge in [-0.1, -0.05) is 0 Å². The lowest BCUT2D eigenvalue weighted by molar-refractivity contribution is 0.147. The number of rotatable bonds is 9. The molecule has 1 N–H and O–H groups in total. The molecule has 0 saturated carbocycles. The molecule has 0 radical (unpaired) electrons. The summed E-state index contributed by atoms with van der Waals surface area (Å²) in [6, 6.07) is 0. The summed E-state index contributed by atoms with van der Waals surface area (Å²) in [5.74, 6) is 0.964. The molecule has 0 unspecified atom stereocenters. The Bertz CT molecular complexity index is 336. The van der Waals surface area contributed by atoms with Crippen molar-refractivity contribution >= 4 is 5.95 Å². The Kier molecular flexibility index (Phi) is 6.75. The Morgan fingerprint density at radius 3 is 2.89 bits per heavy atom. The van der Waals surface area contributed by atoms with Crippen LogP contribution in [0.5, 0.6) is 0 Å². The van der Waals surface area contributed by atoms with Crippen LogP contribution < -0.4 is 5.32 Å². The van der Waals surface area contributed by atoms with E-state index in [0.717, 1.165) is 50.9 Å². The topological polar surface area (TPSA) is 42.3 Å². The molecule has 1 rings (SSSR count). The van der Waals surface area contributed by atoms with Gasteiger partial charge in [0.2, 0.25) is 5.95 Å². The number of hydrogen-bond acceptors (Lipinski definition) is 4. The highest BCUT2D eigenvalue weighted by atomic mass is 16.5. The van der Waals surface area contributed by atoms with Crippen molar-refractivity contribution in [1.29, 1.82) is 0 Å². The third kappa shape index (κ3) is 5.51. The summed E-state index contributed by atoms with van der Waals surface area (Å²) in [7, 11) is 4.16. The Balaban J connectivity index is 2.38. The SMILES string of the molecule is CCOCCCNc1nc(C)cn1CCN(C)C. The summed E-state index contributed by atoms with van der Waals surface area (Å²) in [4.78, 5) is 6.67. The molecule has 0 atom stereocenters. The first-order valence-corrected chi connectivity index (χ1v) is 6.63. The van der Waals surface area contributed by atoms with Crippen molar-refractivity contribution in [2.75, 3.05) is 45.7 Å². The third-order valence-corrected chi connectivity index (χ3v) is 2.64. The summed E-state index contributed by atoms with van der Waals surface area (Å²) in [5, 5.41) is 3.37. The number of nitrogens with zero attached hydrogens (tertiary/aromatic N) is 3. The Labute approximate surface area is 110 Å². The first kappa shape index (κ1) is 15.0. The predicted octanol–water partition coefficient (Wildman–Crippen LogP) is 1.59. The monoisotopic (exact) mass is 254 g/mol. The van der Waals surface area contributed by atoms with Gasteiger partial charge < -0.3 is 19.5 Å². The predicted molar refractivity (Wildman–Crippen MR) is 75.1 cm³/mol. The van der Waals surface area contributed by atoms with Gasteiger partial charge in [0.05, 0.1) is 5.69 Å². The number of imidazole rings is 1. The van der Waals surface area contributed by atoms with Crippen LogP contribution in [0.1, 0.15) is 19.0 Å². The van der Waals surface area contributed by atoms with Crippen LogP contribution in [0.3, 0.4) is 0 Å². The fourth-order valence-corrected chi connectivity index (χ4v) is 1.68. The van der Waals surface area contributed by atoms with Crippen LogP contribution in [0, 0.1) is 6.92 Å². The van der Waals surface area contributed by atoms with E-state index in [1.165, 1.54) is 0 Å². The molecule has 5 heteroatoms. The summed E-state index contributed by atoms with van der Waals surface area (Å²) in [5.41, 5.74) is 1.06. The summed E-state index contributed by atoms with van der Waals surface area (Å²) in [6.07, 6.45) is 3.10. The molecule has 5 nitrogen and oxygen atoms in total. The highest BCUT2D eigenvalue weighted by Gasteiger charge is 2.04.